The zero-order valence-corrected chi connectivity index (χ0v) is 15.2. The van der Waals surface area contributed by atoms with Crippen LogP contribution in [0.5, 0.6) is 0 Å². The fraction of sp³-hybridized carbons (Fsp3) is 0.227. The fourth-order valence-electron chi connectivity index (χ4n) is 3.57. The van der Waals surface area contributed by atoms with Gasteiger partial charge in [0.1, 0.15) is 11.6 Å². The van der Waals surface area contributed by atoms with Gasteiger partial charge in [0.15, 0.2) is 5.82 Å². The number of likely N-dealkylation sites (tertiary alicyclic amines) is 1. The lowest BCUT2D eigenvalue weighted by atomic mass is 9.94. The van der Waals surface area contributed by atoms with Crippen molar-refractivity contribution in [1.82, 2.24) is 14.9 Å². The van der Waals surface area contributed by atoms with E-state index in [4.69, 9.17) is 0 Å². The van der Waals surface area contributed by atoms with E-state index in [1.165, 1.54) is 24.3 Å². The highest BCUT2D eigenvalue weighted by Gasteiger charge is 2.26. The van der Waals surface area contributed by atoms with E-state index in [2.05, 4.69) is 9.97 Å². The van der Waals surface area contributed by atoms with Gasteiger partial charge < -0.3 is 4.90 Å². The van der Waals surface area contributed by atoms with Gasteiger partial charge >= 0.3 is 0 Å². The molecule has 1 saturated heterocycles. The molecule has 142 valence electrons. The molecule has 1 amide bonds. The van der Waals surface area contributed by atoms with Crippen LogP contribution in [0.3, 0.4) is 0 Å². The fourth-order valence-corrected chi connectivity index (χ4v) is 3.57. The minimum Gasteiger partial charge on any atom is -0.338 e. The molecule has 0 aliphatic carbocycles. The minimum atomic E-state index is -0.421. The third-order valence-corrected chi connectivity index (χ3v) is 4.96. The molecule has 1 aliphatic rings. The Balaban J connectivity index is 1.55. The molecule has 6 heteroatoms. The first-order valence-electron chi connectivity index (χ1n) is 9.24. The van der Waals surface area contributed by atoms with Crippen molar-refractivity contribution in [3.63, 3.8) is 0 Å². The number of carbonyl (C=O) groups excluding carboxylic acids is 1. The summed E-state index contributed by atoms with van der Waals surface area (Å²) in [6.45, 7) is 1.14. The van der Waals surface area contributed by atoms with Crippen LogP contribution in [-0.2, 0) is 0 Å². The molecule has 1 atom stereocenters. The number of hydrogen-bond donors (Lipinski definition) is 0. The highest BCUT2D eigenvalue weighted by atomic mass is 19.1. The summed E-state index contributed by atoms with van der Waals surface area (Å²) < 4.78 is 27.0. The zero-order valence-electron chi connectivity index (χ0n) is 15.2. The van der Waals surface area contributed by atoms with Crippen molar-refractivity contribution >= 4 is 5.91 Å². The summed E-state index contributed by atoms with van der Waals surface area (Å²) >= 11 is 0. The van der Waals surface area contributed by atoms with E-state index >= 15 is 0 Å². The van der Waals surface area contributed by atoms with Gasteiger partial charge in [0.2, 0.25) is 0 Å². The highest BCUT2D eigenvalue weighted by molar-refractivity contribution is 5.94. The van der Waals surface area contributed by atoms with Gasteiger partial charge in [0.05, 0.1) is 0 Å². The number of benzene rings is 2. The topological polar surface area (TPSA) is 46.1 Å². The van der Waals surface area contributed by atoms with Crippen LogP contribution in [0, 0.1) is 11.6 Å². The average molecular weight is 379 g/mol. The number of nitrogens with zero attached hydrogens (tertiary/aromatic N) is 3. The molecule has 3 aromatic rings. The Hall–Kier alpha value is -3.15. The Morgan fingerprint density at radius 1 is 1.04 bits per heavy atom. The molecule has 0 bridgehead atoms. The quantitative estimate of drug-likeness (QED) is 0.676. The molecule has 0 N–H and O–H groups in total. The van der Waals surface area contributed by atoms with Gasteiger partial charge in [0.25, 0.3) is 5.91 Å². The maximum absolute atomic E-state index is 13.5. The number of rotatable bonds is 3. The molecule has 2 aromatic carbocycles. The third-order valence-electron chi connectivity index (χ3n) is 4.96. The Morgan fingerprint density at radius 2 is 1.82 bits per heavy atom. The molecule has 0 radical (unpaired) electrons. The van der Waals surface area contributed by atoms with Gasteiger partial charge in [-0.15, -0.1) is 0 Å². The van der Waals surface area contributed by atoms with Crippen molar-refractivity contribution in [2.24, 2.45) is 0 Å². The van der Waals surface area contributed by atoms with Gasteiger partial charge in [-0.2, -0.15) is 0 Å². The number of hydrogen-bond acceptors (Lipinski definition) is 3. The van der Waals surface area contributed by atoms with Crippen LogP contribution in [0.15, 0.2) is 60.8 Å². The molecular formula is C22H19F2N3O. The van der Waals surface area contributed by atoms with Crippen LogP contribution < -0.4 is 0 Å². The third kappa shape index (κ3) is 3.91. The lowest BCUT2D eigenvalue weighted by Gasteiger charge is -2.32. The average Bonchev–Trinajstić information content (AvgIpc) is 2.73. The SMILES string of the molecule is O=C(c1cccc(F)c1)N1CCCC(c2ccnc(-c3cccc(F)c3)n2)C1. The van der Waals surface area contributed by atoms with E-state index in [0.29, 0.717) is 30.0 Å². The summed E-state index contributed by atoms with van der Waals surface area (Å²) in [7, 11) is 0. The summed E-state index contributed by atoms with van der Waals surface area (Å²) in [6.07, 6.45) is 3.40. The molecule has 28 heavy (non-hydrogen) atoms. The maximum Gasteiger partial charge on any atom is 0.253 e. The molecule has 4 rings (SSSR count). The standard InChI is InChI=1S/C22H19F2N3O/c23-18-7-1-4-15(12-18)21-25-10-9-20(26-21)17-6-3-11-27(14-17)22(28)16-5-2-8-19(24)13-16/h1-2,4-5,7-10,12-13,17H,3,6,11,14H2. The molecule has 1 fully saturated rings. The smallest absolute Gasteiger partial charge is 0.253 e. The Bertz CT molecular complexity index is 1010. The van der Waals surface area contributed by atoms with Crippen molar-refractivity contribution in [3.05, 3.63) is 83.7 Å². The number of halogens is 2. The monoisotopic (exact) mass is 379 g/mol. The van der Waals surface area contributed by atoms with E-state index in [0.717, 1.165) is 18.5 Å². The van der Waals surface area contributed by atoms with Gasteiger partial charge in [-0.25, -0.2) is 18.7 Å². The second-order valence-corrected chi connectivity index (χ2v) is 6.92. The Labute approximate surface area is 161 Å². The first-order valence-corrected chi connectivity index (χ1v) is 9.24. The second-order valence-electron chi connectivity index (χ2n) is 6.92. The summed E-state index contributed by atoms with van der Waals surface area (Å²) in [5.74, 6) is -0.415. The van der Waals surface area contributed by atoms with Crippen LogP contribution in [0.1, 0.15) is 34.8 Å². The maximum atomic E-state index is 13.5. The minimum absolute atomic E-state index is 0.0570. The highest BCUT2D eigenvalue weighted by Crippen LogP contribution is 2.28. The largest absolute Gasteiger partial charge is 0.338 e. The molecule has 2 heterocycles. The van der Waals surface area contributed by atoms with Crippen LogP contribution in [0.25, 0.3) is 11.4 Å². The Kier molecular flexibility index (Phi) is 5.10. The van der Waals surface area contributed by atoms with Crippen molar-refractivity contribution in [1.29, 1.82) is 0 Å². The number of carbonyl (C=O) groups is 1. The lowest BCUT2D eigenvalue weighted by Crippen LogP contribution is -2.39. The predicted molar refractivity (Wildman–Crippen MR) is 102 cm³/mol. The second kappa shape index (κ2) is 7.84. The summed E-state index contributed by atoms with van der Waals surface area (Å²) in [5.41, 5.74) is 1.79. The van der Waals surface area contributed by atoms with E-state index in [1.807, 2.05) is 6.07 Å². The van der Waals surface area contributed by atoms with Crippen LogP contribution in [0.2, 0.25) is 0 Å². The normalized spacial score (nSPS) is 16.8. The Morgan fingerprint density at radius 3 is 2.61 bits per heavy atom. The summed E-state index contributed by atoms with van der Waals surface area (Å²) in [5, 5.41) is 0. The van der Waals surface area contributed by atoms with E-state index in [9.17, 15) is 13.6 Å². The van der Waals surface area contributed by atoms with E-state index < -0.39 is 5.82 Å². The van der Waals surface area contributed by atoms with Gasteiger partial charge in [-0.1, -0.05) is 18.2 Å². The molecule has 0 saturated carbocycles. The molecule has 1 aromatic heterocycles. The van der Waals surface area contributed by atoms with Gasteiger partial charge in [0, 0.05) is 42.0 Å². The van der Waals surface area contributed by atoms with Crippen molar-refractivity contribution in [2.75, 3.05) is 13.1 Å². The van der Waals surface area contributed by atoms with Gasteiger partial charge in [-0.05, 0) is 49.2 Å². The first kappa shape index (κ1) is 18.2. The number of aromatic nitrogens is 2. The molecular weight excluding hydrogens is 360 g/mol. The molecule has 1 aliphatic heterocycles. The molecule has 1 unspecified atom stereocenters. The van der Waals surface area contributed by atoms with Crippen LogP contribution in [-0.4, -0.2) is 33.9 Å². The molecule has 4 nitrogen and oxygen atoms in total. The first-order chi connectivity index (χ1) is 13.6. The van der Waals surface area contributed by atoms with Gasteiger partial charge in [-0.3, -0.25) is 4.79 Å². The summed E-state index contributed by atoms with van der Waals surface area (Å²) in [6, 6.07) is 13.8. The summed E-state index contributed by atoms with van der Waals surface area (Å²) in [4.78, 5) is 23.4. The zero-order chi connectivity index (χ0) is 19.5. The van der Waals surface area contributed by atoms with E-state index in [-0.39, 0.29) is 17.6 Å². The molecule has 0 spiro atoms. The predicted octanol–water partition coefficient (Wildman–Crippen LogP) is 4.44. The van der Waals surface area contributed by atoms with Crippen LogP contribution >= 0.6 is 0 Å². The van der Waals surface area contributed by atoms with Crippen molar-refractivity contribution in [2.45, 2.75) is 18.8 Å². The van der Waals surface area contributed by atoms with E-state index in [1.54, 1.807) is 35.4 Å². The van der Waals surface area contributed by atoms with Crippen LogP contribution in [0.4, 0.5) is 8.78 Å². The number of amides is 1. The van der Waals surface area contributed by atoms with Crippen molar-refractivity contribution in [3.8, 4) is 11.4 Å². The lowest BCUT2D eigenvalue weighted by molar-refractivity contribution is 0.0705. The number of piperidine rings is 1. The van der Waals surface area contributed by atoms with Crippen molar-refractivity contribution < 1.29 is 13.6 Å².